The highest BCUT2D eigenvalue weighted by Gasteiger charge is 2.18. The molecule has 0 radical (unpaired) electrons. The first-order chi connectivity index (χ1) is 14.7. The van der Waals surface area contributed by atoms with Gasteiger partial charge in [0.25, 0.3) is 5.91 Å². The van der Waals surface area contributed by atoms with Crippen LogP contribution in [-0.4, -0.2) is 31.8 Å². The van der Waals surface area contributed by atoms with Crippen LogP contribution in [0.3, 0.4) is 0 Å². The van der Waals surface area contributed by atoms with Gasteiger partial charge < -0.3 is 19.5 Å². The van der Waals surface area contributed by atoms with E-state index in [9.17, 15) is 10.1 Å². The molecule has 1 aliphatic rings. The molecular weight excluding hydrogens is 380 g/mol. The van der Waals surface area contributed by atoms with Gasteiger partial charge in [0.2, 0.25) is 0 Å². The van der Waals surface area contributed by atoms with Gasteiger partial charge in [0.1, 0.15) is 18.2 Å². The van der Waals surface area contributed by atoms with E-state index < -0.39 is 5.91 Å². The maximum absolute atomic E-state index is 12.4. The maximum Gasteiger partial charge on any atom is 0.262 e. The monoisotopic (exact) mass is 406 g/mol. The van der Waals surface area contributed by atoms with Crippen molar-refractivity contribution in [2.75, 3.05) is 19.8 Å². The van der Waals surface area contributed by atoms with Crippen LogP contribution >= 0.6 is 0 Å². The largest absolute Gasteiger partial charge is 0.490 e. The second kappa shape index (κ2) is 11.0. The van der Waals surface area contributed by atoms with E-state index in [1.165, 1.54) is 0 Å². The Morgan fingerprint density at radius 1 is 1.23 bits per heavy atom. The molecule has 1 atom stereocenters. The molecule has 1 N–H and O–H groups in total. The normalized spacial score (nSPS) is 16.0. The van der Waals surface area contributed by atoms with Gasteiger partial charge in [-0.05, 0) is 49.1 Å². The molecule has 1 amide bonds. The number of rotatable bonds is 9. The topological polar surface area (TPSA) is 80.6 Å². The van der Waals surface area contributed by atoms with Crippen LogP contribution in [0.25, 0.3) is 6.08 Å². The highest BCUT2D eigenvalue weighted by molar-refractivity contribution is 6.01. The molecule has 3 rings (SSSR count). The zero-order chi connectivity index (χ0) is 21.2. The first-order valence-electron chi connectivity index (χ1n) is 10.1. The van der Waals surface area contributed by atoms with Crippen LogP contribution in [0.15, 0.2) is 54.1 Å². The lowest BCUT2D eigenvalue weighted by Gasteiger charge is -2.13. The molecule has 156 valence electrons. The Morgan fingerprint density at radius 2 is 2.07 bits per heavy atom. The molecule has 1 aliphatic heterocycles. The molecule has 1 unspecified atom stereocenters. The predicted molar refractivity (Wildman–Crippen MR) is 114 cm³/mol. The minimum atomic E-state index is -0.407. The molecule has 1 heterocycles. The molecular formula is C24H26N2O4. The Labute approximate surface area is 177 Å². The second-order valence-electron chi connectivity index (χ2n) is 6.93. The van der Waals surface area contributed by atoms with Crippen LogP contribution in [0, 0.1) is 11.3 Å². The van der Waals surface area contributed by atoms with Crippen molar-refractivity contribution in [3.8, 4) is 17.6 Å². The zero-order valence-corrected chi connectivity index (χ0v) is 17.1. The molecule has 0 saturated carbocycles. The van der Waals surface area contributed by atoms with Gasteiger partial charge in [-0.3, -0.25) is 4.79 Å². The molecule has 2 aromatic carbocycles. The van der Waals surface area contributed by atoms with Crippen molar-refractivity contribution < 1.29 is 19.0 Å². The minimum absolute atomic E-state index is 0.0273. The lowest BCUT2D eigenvalue weighted by molar-refractivity contribution is -0.117. The summed E-state index contributed by atoms with van der Waals surface area (Å²) in [7, 11) is 0. The summed E-state index contributed by atoms with van der Waals surface area (Å²) in [5.74, 6) is 0.772. The van der Waals surface area contributed by atoms with E-state index in [-0.39, 0.29) is 11.7 Å². The van der Waals surface area contributed by atoms with E-state index in [0.29, 0.717) is 36.8 Å². The fourth-order valence-corrected chi connectivity index (χ4v) is 3.16. The van der Waals surface area contributed by atoms with Crippen LogP contribution in [0.5, 0.6) is 11.5 Å². The van der Waals surface area contributed by atoms with Gasteiger partial charge in [-0.1, -0.05) is 36.4 Å². The first kappa shape index (κ1) is 21.4. The average Bonchev–Trinajstić information content (AvgIpc) is 3.30. The van der Waals surface area contributed by atoms with E-state index >= 15 is 0 Å². The molecule has 1 saturated heterocycles. The smallest absolute Gasteiger partial charge is 0.262 e. The number of carbonyl (C=O) groups excluding carboxylic acids is 1. The van der Waals surface area contributed by atoms with Crippen molar-refractivity contribution in [1.29, 1.82) is 5.26 Å². The molecule has 30 heavy (non-hydrogen) atoms. The molecule has 6 nitrogen and oxygen atoms in total. The minimum Gasteiger partial charge on any atom is -0.490 e. The standard InChI is InChI=1S/C24H26N2O4/c1-2-28-23-14-19(10-11-22(23)30-17-18-7-4-3-5-8-18)13-20(15-25)24(27)26-16-21-9-6-12-29-21/h3-5,7-8,10-11,13-14,21H,2,6,9,12,16-17H2,1H3,(H,26,27)/b20-13+. The average molecular weight is 406 g/mol. The third-order valence-electron chi connectivity index (χ3n) is 4.70. The number of hydrogen-bond donors (Lipinski definition) is 1. The maximum atomic E-state index is 12.4. The summed E-state index contributed by atoms with van der Waals surface area (Å²) in [6.07, 6.45) is 3.50. The summed E-state index contributed by atoms with van der Waals surface area (Å²) in [6.45, 7) is 3.92. The van der Waals surface area contributed by atoms with Gasteiger partial charge in [0, 0.05) is 13.2 Å². The van der Waals surface area contributed by atoms with Crippen molar-refractivity contribution in [3.63, 3.8) is 0 Å². The molecule has 0 aromatic heterocycles. The molecule has 6 heteroatoms. The SMILES string of the molecule is CCOc1cc(/C=C(\C#N)C(=O)NCC2CCCO2)ccc1OCc1ccccc1. The van der Waals surface area contributed by atoms with Gasteiger partial charge in [0.05, 0.1) is 12.7 Å². The summed E-state index contributed by atoms with van der Waals surface area (Å²) in [5, 5.41) is 12.2. The number of nitrogens with one attached hydrogen (secondary N) is 1. The van der Waals surface area contributed by atoms with E-state index in [1.54, 1.807) is 24.3 Å². The van der Waals surface area contributed by atoms with Crippen LogP contribution in [0.2, 0.25) is 0 Å². The summed E-state index contributed by atoms with van der Waals surface area (Å²) < 4.78 is 17.1. The number of carbonyl (C=O) groups is 1. The van der Waals surface area contributed by atoms with Crippen molar-refractivity contribution in [3.05, 3.63) is 65.2 Å². The van der Waals surface area contributed by atoms with E-state index in [4.69, 9.17) is 14.2 Å². The summed E-state index contributed by atoms with van der Waals surface area (Å²) in [5.41, 5.74) is 1.78. The Balaban J connectivity index is 1.69. The number of nitriles is 1. The highest BCUT2D eigenvalue weighted by Crippen LogP contribution is 2.30. The van der Waals surface area contributed by atoms with Crippen LogP contribution < -0.4 is 14.8 Å². The zero-order valence-electron chi connectivity index (χ0n) is 17.1. The second-order valence-corrected chi connectivity index (χ2v) is 6.93. The Hall–Kier alpha value is -3.30. The van der Waals surface area contributed by atoms with Crippen molar-refractivity contribution in [2.45, 2.75) is 32.5 Å². The number of amides is 1. The number of ether oxygens (including phenoxy) is 3. The molecule has 0 aliphatic carbocycles. The summed E-state index contributed by atoms with van der Waals surface area (Å²) in [4.78, 5) is 12.4. The van der Waals surface area contributed by atoms with E-state index in [0.717, 1.165) is 25.0 Å². The Kier molecular flexibility index (Phi) is 7.87. The molecule has 0 bridgehead atoms. The van der Waals surface area contributed by atoms with E-state index in [2.05, 4.69) is 5.32 Å². The van der Waals surface area contributed by atoms with Gasteiger partial charge in [-0.15, -0.1) is 0 Å². The van der Waals surface area contributed by atoms with Crippen molar-refractivity contribution >= 4 is 12.0 Å². The number of nitrogens with zero attached hydrogens (tertiary/aromatic N) is 1. The molecule has 2 aromatic rings. The van der Waals surface area contributed by atoms with Gasteiger partial charge >= 0.3 is 0 Å². The van der Waals surface area contributed by atoms with Crippen molar-refractivity contribution in [1.82, 2.24) is 5.32 Å². The third kappa shape index (κ3) is 6.10. The predicted octanol–water partition coefficient (Wildman–Crippen LogP) is 3.87. The third-order valence-corrected chi connectivity index (χ3v) is 4.70. The molecule has 0 spiro atoms. The fourth-order valence-electron chi connectivity index (χ4n) is 3.16. The summed E-state index contributed by atoms with van der Waals surface area (Å²) in [6, 6.07) is 17.2. The number of benzene rings is 2. The lowest BCUT2D eigenvalue weighted by Crippen LogP contribution is -2.32. The quantitative estimate of drug-likeness (QED) is 0.505. The van der Waals surface area contributed by atoms with E-state index in [1.807, 2.05) is 43.3 Å². The molecule has 1 fully saturated rings. The van der Waals surface area contributed by atoms with Gasteiger partial charge in [-0.2, -0.15) is 5.26 Å². The van der Waals surface area contributed by atoms with Crippen LogP contribution in [-0.2, 0) is 16.1 Å². The summed E-state index contributed by atoms with van der Waals surface area (Å²) >= 11 is 0. The van der Waals surface area contributed by atoms with Gasteiger partial charge in [0.15, 0.2) is 11.5 Å². The fraction of sp³-hybridized carbons (Fsp3) is 0.333. The highest BCUT2D eigenvalue weighted by atomic mass is 16.5. The van der Waals surface area contributed by atoms with Crippen LogP contribution in [0.4, 0.5) is 0 Å². The lowest BCUT2D eigenvalue weighted by atomic mass is 10.1. The Morgan fingerprint density at radius 3 is 2.77 bits per heavy atom. The van der Waals surface area contributed by atoms with Crippen molar-refractivity contribution in [2.24, 2.45) is 0 Å². The van der Waals surface area contributed by atoms with Crippen LogP contribution in [0.1, 0.15) is 30.9 Å². The number of hydrogen-bond acceptors (Lipinski definition) is 5. The first-order valence-corrected chi connectivity index (χ1v) is 10.1. The van der Waals surface area contributed by atoms with Gasteiger partial charge in [-0.25, -0.2) is 0 Å². The Bertz CT molecular complexity index is 913.